The van der Waals surface area contributed by atoms with Gasteiger partial charge in [-0.1, -0.05) is 11.6 Å². The van der Waals surface area contributed by atoms with E-state index in [4.69, 9.17) is 16.3 Å². The third kappa shape index (κ3) is 4.19. The van der Waals surface area contributed by atoms with E-state index >= 15 is 0 Å². The summed E-state index contributed by atoms with van der Waals surface area (Å²) in [4.78, 5) is 44.4. The molecule has 0 N–H and O–H groups in total. The molecule has 134 valence electrons. The zero-order valence-electron chi connectivity index (χ0n) is 13.3. The third-order valence-electron chi connectivity index (χ3n) is 3.48. The molecule has 2 aromatic carbocycles. The van der Waals surface area contributed by atoms with Crippen LogP contribution in [0.2, 0.25) is 5.02 Å². The van der Waals surface area contributed by atoms with Crippen molar-refractivity contribution in [2.24, 2.45) is 0 Å². The van der Waals surface area contributed by atoms with Crippen LogP contribution in [0.1, 0.15) is 26.3 Å². The standard InChI is InChI=1S/C16H11ClN2O7/c1-9-13(18(22)23)6-11(7-14(9)19(24)25)16(21)26-8-15(20)10-2-4-12(17)5-3-10/h2-7H,8H2,1H3. The second-order valence-corrected chi connectivity index (χ2v) is 5.60. The van der Waals surface area contributed by atoms with E-state index < -0.39 is 45.1 Å². The van der Waals surface area contributed by atoms with E-state index in [-0.39, 0.29) is 11.1 Å². The van der Waals surface area contributed by atoms with E-state index in [1.807, 2.05) is 0 Å². The molecule has 0 aliphatic heterocycles. The Morgan fingerprint density at radius 1 is 1.00 bits per heavy atom. The maximum atomic E-state index is 12.1. The minimum absolute atomic E-state index is 0.186. The predicted molar refractivity (Wildman–Crippen MR) is 90.6 cm³/mol. The number of hydrogen-bond donors (Lipinski definition) is 0. The lowest BCUT2D eigenvalue weighted by Gasteiger charge is -2.06. The minimum atomic E-state index is -1.08. The zero-order chi connectivity index (χ0) is 19.4. The van der Waals surface area contributed by atoms with Crippen LogP contribution in [-0.4, -0.2) is 28.2 Å². The third-order valence-corrected chi connectivity index (χ3v) is 3.73. The van der Waals surface area contributed by atoms with Crippen LogP contribution in [-0.2, 0) is 4.74 Å². The number of nitro groups is 2. The van der Waals surface area contributed by atoms with E-state index in [1.54, 1.807) is 0 Å². The summed E-state index contributed by atoms with van der Waals surface area (Å²) in [6.07, 6.45) is 0. The topological polar surface area (TPSA) is 130 Å². The number of ether oxygens (including phenoxy) is 1. The summed E-state index contributed by atoms with van der Waals surface area (Å²) in [7, 11) is 0. The van der Waals surface area contributed by atoms with Crippen molar-refractivity contribution in [3.63, 3.8) is 0 Å². The molecule has 0 saturated carbocycles. The van der Waals surface area contributed by atoms with Crippen LogP contribution in [0.5, 0.6) is 0 Å². The molecular weight excluding hydrogens is 368 g/mol. The van der Waals surface area contributed by atoms with Crippen molar-refractivity contribution in [1.29, 1.82) is 0 Å². The number of Topliss-reactive ketones (excluding diaryl/α,β-unsaturated/α-hetero) is 1. The van der Waals surface area contributed by atoms with Gasteiger partial charge in [0.2, 0.25) is 0 Å². The monoisotopic (exact) mass is 378 g/mol. The molecule has 0 aliphatic rings. The quantitative estimate of drug-likeness (QED) is 0.325. The number of carbonyl (C=O) groups is 2. The molecule has 0 aromatic heterocycles. The Morgan fingerprint density at radius 3 is 1.96 bits per heavy atom. The van der Waals surface area contributed by atoms with Crippen LogP contribution in [0.25, 0.3) is 0 Å². The highest BCUT2D eigenvalue weighted by atomic mass is 35.5. The number of benzene rings is 2. The highest BCUT2D eigenvalue weighted by molar-refractivity contribution is 6.30. The van der Waals surface area contributed by atoms with Crippen LogP contribution in [0.15, 0.2) is 36.4 Å². The second-order valence-electron chi connectivity index (χ2n) is 5.16. The van der Waals surface area contributed by atoms with Crippen molar-refractivity contribution in [3.05, 3.63) is 78.3 Å². The molecule has 0 amide bonds. The number of ketones is 1. The van der Waals surface area contributed by atoms with E-state index in [0.717, 1.165) is 12.1 Å². The lowest BCUT2D eigenvalue weighted by molar-refractivity contribution is -0.395. The average molecular weight is 379 g/mol. The van der Waals surface area contributed by atoms with Crippen molar-refractivity contribution < 1.29 is 24.2 Å². The van der Waals surface area contributed by atoms with Crippen molar-refractivity contribution in [2.75, 3.05) is 6.61 Å². The summed E-state index contributed by atoms with van der Waals surface area (Å²) >= 11 is 5.71. The van der Waals surface area contributed by atoms with Crippen LogP contribution in [0, 0.1) is 27.2 Å². The fourth-order valence-corrected chi connectivity index (χ4v) is 2.24. The predicted octanol–water partition coefficient (Wildman–Crippen LogP) is 3.50. The molecular formula is C16H11ClN2O7. The van der Waals surface area contributed by atoms with E-state index in [0.29, 0.717) is 5.02 Å². The van der Waals surface area contributed by atoms with E-state index in [1.165, 1.54) is 31.2 Å². The Balaban J connectivity index is 2.21. The Kier molecular flexibility index (Phi) is 5.63. The summed E-state index contributed by atoms with van der Waals surface area (Å²) in [5.74, 6) is -1.61. The van der Waals surface area contributed by atoms with Crippen molar-refractivity contribution in [3.8, 4) is 0 Å². The van der Waals surface area contributed by atoms with Gasteiger partial charge in [0.15, 0.2) is 12.4 Å². The fourth-order valence-electron chi connectivity index (χ4n) is 2.11. The van der Waals surface area contributed by atoms with Gasteiger partial charge >= 0.3 is 5.97 Å². The average Bonchev–Trinajstić information content (AvgIpc) is 2.59. The molecule has 0 aliphatic carbocycles. The summed E-state index contributed by atoms with van der Waals surface area (Å²) in [6, 6.07) is 7.61. The molecule has 0 bridgehead atoms. The lowest BCUT2D eigenvalue weighted by Crippen LogP contribution is -2.15. The second kappa shape index (κ2) is 7.70. The summed E-state index contributed by atoms with van der Waals surface area (Å²) in [5, 5.41) is 22.5. The zero-order valence-corrected chi connectivity index (χ0v) is 14.1. The minimum Gasteiger partial charge on any atom is -0.454 e. The number of rotatable bonds is 6. The van der Waals surface area contributed by atoms with Crippen molar-refractivity contribution >= 4 is 34.7 Å². The van der Waals surface area contributed by atoms with Crippen molar-refractivity contribution in [2.45, 2.75) is 6.92 Å². The first-order valence-electron chi connectivity index (χ1n) is 7.10. The molecule has 0 radical (unpaired) electrons. The van der Waals surface area contributed by atoms with Gasteiger partial charge in [0.1, 0.15) is 5.56 Å². The molecule has 26 heavy (non-hydrogen) atoms. The maximum absolute atomic E-state index is 12.1. The molecule has 0 atom stereocenters. The van der Waals surface area contributed by atoms with E-state index in [2.05, 4.69) is 0 Å². The summed E-state index contributed by atoms with van der Waals surface area (Å²) < 4.78 is 4.82. The Morgan fingerprint density at radius 2 is 1.50 bits per heavy atom. The fraction of sp³-hybridized carbons (Fsp3) is 0.125. The largest absolute Gasteiger partial charge is 0.454 e. The van der Waals surface area contributed by atoms with Crippen LogP contribution >= 0.6 is 11.6 Å². The maximum Gasteiger partial charge on any atom is 0.339 e. The van der Waals surface area contributed by atoms with Gasteiger partial charge < -0.3 is 4.74 Å². The Hall–Kier alpha value is -3.33. The van der Waals surface area contributed by atoms with Crippen LogP contribution < -0.4 is 0 Å². The first-order chi connectivity index (χ1) is 12.2. The van der Waals surface area contributed by atoms with Crippen LogP contribution in [0.3, 0.4) is 0 Å². The van der Waals surface area contributed by atoms with Crippen molar-refractivity contribution in [1.82, 2.24) is 0 Å². The SMILES string of the molecule is Cc1c([N+](=O)[O-])cc(C(=O)OCC(=O)c2ccc(Cl)cc2)cc1[N+](=O)[O-]. The highest BCUT2D eigenvalue weighted by Crippen LogP contribution is 2.29. The number of nitrogens with zero attached hydrogens (tertiary/aromatic N) is 2. The highest BCUT2D eigenvalue weighted by Gasteiger charge is 2.26. The molecule has 9 nitrogen and oxygen atoms in total. The number of hydrogen-bond acceptors (Lipinski definition) is 7. The normalized spacial score (nSPS) is 10.2. The number of carbonyl (C=O) groups excluding carboxylic acids is 2. The van der Waals surface area contributed by atoms with E-state index in [9.17, 15) is 29.8 Å². The molecule has 0 spiro atoms. The molecule has 2 aromatic rings. The van der Waals surface area contributed by atoms with Gasteiger partial charge in [0.05, 0.1) is 15.4 Å². The molecule has 10 heteroatoms. The van der Waals surface area contributed by atoms with Gasteiger partial charge in [0, 0.05) is 22.7 Å². The summed E-state index contributed by atoms with van der Waals surface area (Å²) in [5.41, 5.74) is -1.50. The Bertz CT molecular complexity index is 874. The first-order valence-corrected chi connectivity index (χ1v) is 7.48. The molecule has 0 unspecified atom stereocenters. The number of esters is 1. The van der Waals surface area contributed by atoms with Gasteiger partial charge in [-0.15, -0.1) is 0 Å². The number of nitro benzene ring substituents is 2. The molecule has 0 heterocycles. The van der Waals surface area contributed by atoms with Gasteiger partial charge in [-0.3, -0.25) is 25.0 Å². The smallest absolute Gasteiger partial charge is 0.339 e. The molecule has 2 rings (SSSR count). The first kappa shape index (κ1) is 19.0. The van der Waals surface area contributed by atoms with Gasteiger partial charge in [-0.25, -0.2) is 4.79 Å². The van der Waals surface area contributed by atoms with Crippen LogP contribution in [0.4, 0.5) is 11.4 Å². The lowest BCUT2D eigenvalue weighted by atomic mass is 10.1. The number of halogens is 1. The molecule has 0 saturated heterocycles. The van der Waals surface area contributed by atoms with Gasteiger partial charge in [0.25, 0.3) is 11.4 Å². The van der Waals surface area contributed by atoms with Gasteiger partial charge in [-0.05, 0) is 31.2 Å². The Labute approximate surface area is 151 Å². The summed E-state index contributed by atoms with van der Waals surface area (Å²) in [6.45, 7) is 0.575. The molecule has 0 fully saturated rings. The van der Waals surface area contributed by atoms with Gasteiger partial charge in [-0.2, -0.15) is 0 Å².